The smallest absolute Gasteiger partial charge is 0.263 e. The van der Waals surface area contributed by atoms with Gasteiger partial charge < -0.3 is 4.98 Å². The van der Waals surface area contributed by atoms with E-state index in [0.29, 0.717) is 22.5 Å². The molecule has 2 heterocycles. The Labute approximate surface area is 178 Å². The number of pyridine rings is 1. The molecule has 5 rings (SSSR count). The van der Waals surface area contributed by atoms with Crippen LogP contribution in [0.3, 0.4) is 0 Å². The lowest BCUT2D eigenvalue weighted by molar-refractivity contribution is 0.992. The molecule has 0 fully saturated rings. The number of nitrogens with zero attached hydrogens (tertiary/aromatic N) is 3. The highest BCUT2D eigenvalue weighted by Gasteiger charge is 2.16. The molecular weight excluding hydrogens is 384 g/mol. The number of benzene rings is 3. The minimum absolute atomic E-state index is 0.190. The molecule has 0 spiro atoms. The van der Waals surface area contributed by atoms with Crippen LogP contribution < -0.4 is 5.56 Å². The number of aromatic nitrogens is 3. The lowest BCUT2D eigenvalue weighted by Crippen LogP contribution is -2.20. The summed E-state index contributed by atoms with van der Waals surface area (Å²) in [5.41, 5.74) is 5.76. The molecule has 0 unspecified atom stereocenters. The van der Waals surface area contributed by atoms with Crippen molar-refractivity contribution in [1.29, 1.82) is 5.26 Å². The van der Waals surface area contributed by atoms with Gasteiger partial charge in [0.1, 0.15) is 5.82 Å². The van der Waals surface area contributed by atoms with E-state index in [1.54, 1.807) is 29.0 Å². The van der Waals surface area contributed by atoms with E-state index in [1.807, 2.05) is 67.6 Å². The van der Waals surface area contributed by atoms with Gasteiger partial charge in [0, 0.05) is 28.6 Å². The van der Waals surface area contributed by atoms with Crippen molar-refractivity contribution in [2.45, 2.75) is 6.92 Å². The van der Waals surface area contributed by atoms with Crippen molar-refractivity contribution >= 4 is 11.0 Å². The lowest BCUT2D eigenvalue weighted by Gasteiger charge is -2.12. The summed E-state index contributed by atoms with van der Waals surface area (Å²) in [6.45, 7) is 2.03. The normalized spacial score (nSPS) is 10.8. The molecule has 5 heteroatoms. The van der Waals surface area contributed by atoms with Gasteiger partial charge >= 0.3 is 0 Å². The Morgan fingerprint density at radius 2 is 1.71 bits per heavy atom. The molecule has 31 heavy (non-hydrogen) atoms. The molecule has 0 amide bonds. The van der Waals surface area contributed by atoms with E-state index in [4.69, 9.17) is 4.98 Å². The number of rotatable bonds is 3. The van der Waals surface area contributed by atoms with Gasteiger partial charge in [0.2, 0.25) is 0 Å². The van der Waals surface area contributed by atoms with Crippen LogP contribution in [0.5, 0.6) is 0 Å². The summed E-state index contributed by atoms with van der Waals surface area (Å²) in [4.78, 5) is 21.6. The second-order valence-electron chi connectivity index (χ2n) is 7.42. The van der Waals surface area contributed by atoms with Crippen LogP contribution in [0.25, 0.3) is 39.2 Å². The van der Waals surface area contributed by atoms with Gasteiger partial charge in [-0.15, -0.1) is 0 Å². The maximum absolute atomic E-state index is 13.5. The monoisotopic (exact) mass is 402 g/mol. The number of aromatic amines is 1. The van der Waals surface area contributed by atoms with E-state index in [-0.39, 0.29) is 5.56 Å². The zero-order chi connectivity index (χ0) is 21.4. The molecule has 0 saturated carbocycles. The molecule has 0 aliphatic rings. The average molecular weight is 402 g/mol. The number of nitriles is 1. The summed E-state index contributed by atoms with van der Waals surface area (Å²) in [6, 6.07) is 26.7. The number of para-hydroxylation sites is 1. The molecule has 5 aromatic rings. The van der Waals surface area contributed by atoms with Crippen LogP contribution in [0.1, 0.15) is 11.1 Å². The fourth-order valence-corrected chi connectivity index (χ4v) is 3.75. The largest absolute Gasteiger partial charge is 0.338 e. The summed E-state index contributed by atoms with van der Waals surface area (Å²) in [6.07, 6.45) is 1.79. The highest BCUT2D eigenvalue weighted by Crippen LogP contribution is 2.27. The fraction of sp³-hybridized carbons (Fsp3) is 0.0385. The highest BCUT2D eigenvalue weighted by molar-refractivity contribution is 5.81. The van der Waals surface area contributed by atoms with Crippen LogP contribution in [0.2, 0.25) is 0 Å². The van der Waals surface area contributed by atoms with Crippen molar-refractivity contribution < 1.29 is 0 Å². The molecular formula is C26H18N4O. The van der Waals surface area contributed by atoms with Crippen molar-refractivity contribution in [2.75, 3.05) is 0 Å². The Balaban J connectivity index is 1.81. The van der Waals surface area contributed by atoms with Gasteiger partial charge in [-0.2, -0.15) is 5.26 Å². The highest BCUT2D eigenvalue weighted by atomic mass is 16.1. The maximum Gasteiger partial charge on any atom is 0.263 e. The van der Waals surface area contributed by atoms with E-state index in [9.17, 15) is 10.1 Å². The topological polar surface area (TPSA) is 74.5 Å². The molecule has 5 nitrogen and oxygen atoms in total. The maximum atomic E-state index is 13.5. The van der Waals surface area contributed by atoms with E-state index in [1.165, 1.54) is 0 Å². The van der Waals surface area contributed by atoms with Gasteiger partial charge in [0.05, 0.1) is 22.7 Å². The number of hydrogen-bond acceptors (Lipinski definition) is 3. The predicted molar refractivity (Wildman–Crippen MR) is 122 cm³/mol. The van der Waals surface area contributed by atoms with Gasteiger partial charge in [-0.25, -0.2) is 4.98 Å². The number of fused-ring (bicyclic) bond motifs is 1. The molecule has 0 radical (unpaired) electrons. The van der Waals surface area contributed by atoms with Crippen LogP contribution in [-0.4, -0.2) is 14.5 Å². The van der Waals surface area contributed by atoms with Crippen LogP contribution in [0.15, 0.2) is 89.9 Å². The Hall–Kier alpha value is -4.43. The second kappa shape index (κ2) is 7.43. The minimum atomic E-state index is -0.190. The van der Waals surface area contributed by atoms with E-state index in [2.05, 4.69) is 11.1 Å². The third kappa shape index (κ3) is 3.30. The zero-order valence-corrected chi connectivity index (χ0v) is 16.8. The Bertz CT molecular complexity index is 1520. The first-order valence-electron chi connectivity index (χ1n) is 9.92. The van der Waals surface area contributed by atoms with E-state index in [0.717, 1.165) is 27.8 Å². The van der Waals surface area contributed by atoms with Crippen molar-refractivity contribution in [3.8, 4) is 34.3 Å². The van der Waals surface area contributed by atoms with Gasteiger partial charge in [-0.3, -0.25) is 9.36 Å². The van der Waals surface area contributed by atoms with Gasteiger partial charge in [0.25, 0.3) is 5.56 Å². The summed E-state index contributed by atoms with van der Waals surface area (Å²) < 4.78 is 1.61. The first-order valence-corrected chi connectivity index (χ1v) is 9.92. The quantitative estimate of drug-likeness (QED) is 0.449. The SMILES string of the molecule is Cc1ccc2[nH]c(-c3cc(-c4ccccc4C#N)c(=O)n(-c4ccccc4)c3)nc2c1. The standard InChI is InChI=1S/C26H18N4O/c1-17-11-12-23-24(13-17)29-25(28-23)19-14-22(21-10-6-5-7-18(21)15-27)26(31)30(16-19)20-8-3-2-4-9-20/h2-14,16H,1H3,(H,28,29). The molecule has 0 saturated heterocycles. The predicted octanol–water partition coefficient (Wildman–Crippen LogP) is 5.23. The number of imidazole rings is 1. The van der Waals surface area contributed by atoms with Crippen molar-refractivity contribution in [1.82, 2.24) is 14.5 Å². The fourth-order valence-electron chi connectivity index (χ4n) is 3.75. The van der Waals surface area contributed by atoms with Crippen molar-refractivity contribution in [3.63, 3.8) is 0 Å². The lowest BCUT2D eigenvalue weighted by atomic mass is 10.00. The van der Waals surface area contributed by atoms with E-state index >= 15 is 0 Å². The molecule has 148 valence electrons. The summed E-state index contributed by atoms with van der Waals surface area (Å²) in [5, 5.41) is 9.59. The number of nitrogens with one attached hydrogen (secondary N) is 1. The molecule has 1 N–H and O–H groups in total. The third-order valence-electron chi connectivity index (χ3n) is 5.30. The van der Waals surface area contributed by atoms with Gasteiger partial charge in [-0.05, 0) is 48.9 Å². The Morgan fingerprint density at radius 3 is 2.52 bits per heavy atom. The number of hydrogen-bond donors (Lipinski definition) is 1. The molecule has 3 aromatic carbocycles. The molecule has 0 bridgehead atoms. The zero-order valence-electron chi connectivity index (χ0n) is 16.8. The van der Waals surface area contributed by atoms with Crippen molar-refractivity contribution in [3.05, 3.63) is 107 Å². The van der Waals surface area contributed by atoms with E-state index < -0.39 is 0 Å². The Kier molecular flexibility index (Phi) is 4.46. The van der Waals surface area contributed by atoms with Crippen molar-refractivity contribution in [2.24, 2.45) is 0 Å². The first-order chi connectivity index (χ1) is 15.1. The van der Waals surface area contributed by atoms with Crippen LogP contribution in [0, 0.1) is 18.3 Å². The van der Waals surface area contributed by atoms with Crippen LogP contribution >= 0.6 is 0 Å². The van der Waals surface area contributed by atoms with Gasteiger partial charge in [0.15, 0.2) is 0 Å². The number of H-pyrrole nitrogens is 1. The molecule has 0 atom stereocenters. The van der Waals surface area contributed by atoms with Crippen LogP contribution in [0.4, 0.5) is 0 Å². The third-order valence-corrected chi connectivity index (χ3v) is 5.30. The second-order valence-corrected chi connectivity index (χ2v) is 7.42. The minimum Gasteiger partial charge on any atom is -0.338 e. The Morgan fingerprint density at radius 1 is 0.935 bits per heavy atom. The average Bonchev–Trinajstić information content (AvgIpc) is 3.23. The summed E-state index contributed by atoms with van der Waals surface area (Å²) >= 11 is 0. The molecule has 0 aliphatic heterocycles. The van der Waals surface area contributed by atoms with Gasteiger partial charge in [-0.1, -0.05) is 42.5 Å². The number of aryl methyl sites for hydroxylation is 1. The summed E-state index contributed by atoms with van der Waals surface area (Å²) in [5.74, 6) is 0.668. The summed E-state index contributed by atoms with van der Waals surface area (Å²) in [7, 11) is 0. The molecule has 0 aliphatic carbocycles. The first kappa shape index (κ1) is 18.6. The van der Waals surface area contributed by atoms with Crippen LogP contribution in [-0.2, 0) is 0 Å². The molecule has 2 aromatic heterocycles.